The predicted molar refractivity (Wildman–Crippen MR) is 96.0 cm³/mol. The summed E-state index contributed by atoms with van der Waals surface area (Å²) in [6.07, 6.45) is 5.72. The standard InChI is InChI=1S/C19H21N5O2/c1-12-6-13(2)18(24-5-3-4-22-24)14(7-12)9-23-10-16-15(20-11-21-16)8-17(23)19(25)26/h3-7,11,17H,8-10H2,1-2H3,(H,20,21)(H,25,26). The number of H-pyrrole nitrogens is 1. The Labute approximate surface area is 151 Å². The van der Waals surface area contributed by atoms with Crippen molar-refractivity contribution in [3.05, 3.63) is 65.0 Å². The average molecular weight is 351 g/mol. The number of aromatic nitrogens is 4. The van der Waals surface area contributed by atoms with Gasteiger partial charge in [-0.05, 0) is 31.0 Å². The van der Waals surface area contributed by atoms with E-state index in [4.69, 9.17) is 0 Å². The number of hydrogen-bond donors (Lipinski definition) is 2. The van der Waals surface area contributed by atoms with Crippen LogP contribution >= 0.6 is 0 Å². The lowest BCUT2D eigenvalue weighted by Crippen LogP contribution is -2.45. The van der Waals surface area contributed by atoms with E-state index in [1.165, 1.54) is 0 Å². The molecular formula is C19H21N5O2. The monoisotopic (exact) mass is 351 g/mol. The van der Waals surface area contributed by atoms with Gasteiger partial charge in [0.25, 0.3) is 0 Å². The van der Waals surface area contributed by atoms with E-state index in [0.717, 1.165) is 33.8 Å². The average Bonchev–Trinajstić information content (AvgIpc) is 3.24. The number of fused-ring (bicyclic) bond motifs is 1. The van der Waals surface area contributed by atoms with Crippen molar-refractivity contribution in [2.75, 3.05) is 0 Å². The van der Waals surface area contributed by atoms with Gasteiger partial charge in [-0.2, -0.15) is 5.10 Å². The molecule has 134 valence electrons. The van der Waals surface area contributed by atoms with Crippen LogP contribution in [0.2, 0.25) is 0 Å². The van der Waals surface area contributed by atoms with E-state index in [9.17, 15) is 9.90 Å². The fourth-order valence-corrected chi connectivity index (χ4v) is 3.81. The largest absolute Gasteiger partial charge is 0.480 e. The lowest BCUT2D eigenvalue weighted by Gasteiger charge is -2.33. The minimum absolute atomic E-state index is 0.413. The number of hydrogen-bond acceptors (Lipinski definition) is 4. The van der Waals surface area contributed by atoms with Crippen molar-refractivity contribution in [1.29, 1.82) is 0 Å². The lowest BCUT2D eigenvalue weighted by molar-refractivity contribution is -0.144. The number of aryl methyl sites for hydroxylation is 2. The summed E-state index contributed by atoms with van der Waals surface area (Å²) in [5, 5.41) is 14.1. The summed E-state index contributed by atoms with van der Waals surface area (Å²) >= 11 is 0. The van der Waals surface area contributed by atoms with Crippen LogP contribution in [0.1, 0.15) is 28.1 Å². The van der Waals surface area contributed by atoms with Crippen molar-refractivity contribution in [3.63, 3.8) is 0 Å². The Morgan fingerprint density at radius 3 is 2.96 bits per heavy atom. The van der Waals surface area contributed by atoms with Crippen LogP contribution in [-0.2, 0) is 24.3 Å². The Morgan fingerprint density at radius 1 is 1.38 bits per heavy atom. The van der Waals surface area contributed by atoms with Crippen LogP contribution in [0.15, 0.2) is 36.9 Å². The van der Waals surface area contributed by atoms with Crippen LogP contribution in [-0.4, -0.2) is 41.8 Å². The van der Waals surface area contributed by atoms with Gasteiger partial charge in [-0.1, -0.05) is 17.7 Å². The molecule has 2 aromatic heterocycles. The number of imidazole rings is 1. The Bertz CT molecular complexity index is 945. The van der Waals surface area contributed by atoms with Gasteiger partial charge in [0.15, 0.2) is 0 Å². The maximum absolute atomic E-state index is 11.8. The number of rotatable bonds is 4. The van der Waals surface area contributed by atoms with E-state index in [0.29, 0.717) is 19.5 Å². The van der Waals surface area contributed by atoms with Crippen molar-refractivity contribution in [3.8, 4) is 5.69 Å². The van der Waals surface area contributed by atoms with Gasteiger partial charge in [0.2, 0.25) is 0 Å². The molecule has 1 aromatic carbocycles. The molecule has 0 spiro atoms. The van der Waals surface area contributed by atoms with Gasteiger partial charge in [0.05, 0.1) is 23.4 Å². The van der Waals surface area contributed by atoms with Crippen molar-refractivity contribution >= 4 is 5.97 Å². The van der Waals surface area contributed by atoms with E-state index in [-0.39, 0.29) is 0 Å². The molecule has 0 bridgehead atoms. The van der Waals surface area contributed by atoms with E-state index in [1.54, 1.807) is 12.5 Å². The third kappa shape index (κ3) is 2.90. The van der Waals surface area contributed by atoms with Crippen molar-refractivity contribution in [2.24, 2.45) is 0 Å². The second-order valence-electron chi connectivity index (χ2n) is 6.83. The van der Waals surface area contributed by atoms with Crippen LogP contribution in [0.25, 0.3) is 5.69 Å². The second-order valence-corrected chi connectivity index (χ2v) is 6.83. The first-order valence-corrected chi connectivity index (χ1v) is 8.61. The maximum atomic E-state index is 11.8. The quantitative estimate of drug-likeness (QED) is 0.753. The molecule has 3 aromatic rings. The van der Waals surface area contributed by atoms with Crippen LogP contribution in [0.5, 0.6) is 0 Å². The summed E-state index contributed by atoms with van der Waals surface area (Å²) in [7, 11) is 0. The molecular weight excluding hydrogens is 330 g/mol. The zero-order chi connectivity index (χ0) is 18.3. The van der Waals surface area contributed by atoms with Gasteiger partial charge in [-0.3, -0.25) is 9.69 Å². The van der Waals surface area contributed by atoms with Crippen LogP contribution in [0, 0.1) is 13.8 Å². The highest BCUT2D eigenvalue weighted by Gasteiger charge is 2.33. The summed E-state index contributed by atoms with van der Waals surface area (Å²) < 4.78 is 1.85. The summed E-state index contributed by atoms with van der Waals surface area (Å²) in [4.78, 5) is 21.2. The number of carboxylic acid groups (broad SMARTS) is 1. The van der Waals surface area contributed by atoms with Crippen molar-refractivity contribution < 1.29 is 9.90 Å². The first-order valence-electron chi connectivity index (χ1n) is 8.61. The molecule has 1 aliphatic rings. The Kier molecular flexibility index (Phi) is 4.08. The summed E-state index contributed by atoms with van der Waals surface area (Å²) in [6.45, 7) is 5.19. The molecule has 1 aliphatic heterocycles. The van der Waals surface area contributed by atoms with Gasteiger partial charge < -0.3 is 10.1 Å². The molecule has 1 atom stereocenters. The second kappa shape index (κ2) is 6.42. The topological polar surface area (TPSA) is 87.0 Å². The van der Waals surface area contributed by atoms with E-state index in [1.807, 2.05) is 21.8 Å². The van der Waals surface area contributed by atoms with Crippen molar-refractivity contribution in [2.45, 2.75) is 39.4 Å². The summed E-state index contributed by atoms with van der Waals surface area (Å²) in [5.74, 6) is -0.816. The Hall–Kier alpha value is -2.93. The number of nitrogens with zero attached hydrogens (tertiary/aromatic N) is 4. The van der Waals surface area contributed by atoms with Gasteiger partial charge in [0.1, 0.15) is 6.04 Å². The Balaban J connectivity index is 1.73. The molecule has 26 heavy (non-hydrogen) atoms. The molecule has 0 saturated heterocycles. The SMILES string of the molecule is Cc1cc(C)c(-n2cccn2)c(CN2Cc3[nH]cnc3CC2C(=O)O)c1. The fraction of sp³-hybridized carbons (Fsp3) is 0.316. The number of carbonyl (C=O) groups is 1. The molecule has 0 aliphatic carbocycles. The van der Waals surface area contributed by atoms with Gasteiger partial charge in [-0.25, -0.2) is 9.67 Å². The summed E-state index contributed by atoms with van der Waals surface area (Å²) in [6, 6.07) is 5.54. The maximum Gasteiger partial charge on any atom is 0.321 e. The van der Waals surface area contributed by atoms with Gasteiger partial charge in [-0.15, -0.1) is 0 Å². The number of nitrogens with one attached hydrogen (secondary N) is 1. The number of aliphatic carboxylic acids is 1. The molecule has 3 heterocycles. The number of carboxylic acids is 1. The third-order valence-corrected chi connectivity index (χ3v) is 4.91. The molecule has 0 saturated carbocycles. The fourth-order valence-electron chi connectivity index (χ4n) is 3.81. The molecule has 2 N–H and O–H groups in total. The highest BCUT2D eigenvalue weighted by atomic mass is 16.4. The number of benzene rings is 1. The van der Waals surface area contributed by atoms with Crippen molar-refractivity contribution in [1.82, 2.24) is 24.6 Å². The Morgan fingerprint density at radius 2 is 2.23 bits per heavy atom. The summed E-state index contributed by atoms with van der Waals surface area (Å²) in [5.41, 5.74) is 6.20. The zero-order valence-corrected chi connectivity index (χ0v) is 14.8. The van der Waals surface area contributed by atoms with E-state index in [2.05, 4.69) is 41.0 Å². The van der Waals surface area contributed by atoms with Gasteiger partial charge >= 0.3 is 5.97 Å². The predicted octanol–water partition coefficient (Wildman–Crippen LogP) is 2.22. The van der Waals surface area contributed by atoms with Crippen LogP contribution < -0.4 is 0 Å². The highest BCUT2D eigenvalue weighted by Crippen LogP contribution is 2.27. The van der Waals surface area contributed by atoms with E-state index < -0.39 is 12.0 Å². The van der Waals surface area contributed by atoms with Crippen LogP contribution in [0.3, 0.4) is 0 Å². The minimum Gasteiger partial charge on any atom is -0.480 e. The first-order chi connectivity index (χ1) is 12.5. The van der Waals surface area contributed by atoms with E-state index >= 15 is 0 Å². The lowest BCUT2D eigenvalue weighted by atomic mass is 9.99. The smallest absolute Gasteiger partial charge is 0.321 e. The highest BCUT2D eigenvalue weighted by molar-refractivity contribution is 5.74. The van der Waals surface area contributed by atoms with Crippen LogP contribution in [0.4, 0.5) is 0 Å². The van der Waals surface area contributed by atoms with Gasteiger partial charge in [0, 0.05) is 31.9 Å². The molecule has 4 rings (SSSR count). The molecule has 0 amide bonds. The first kappa shape index (κ1) is 16.5. The molecule has 1 unspecified atom stereocenters. The number of aromatic amines is 1. The molecule has 7 heteroatoms. The zero-order valence-electron chi connectivity index (χ0n) is 14.8. The molecule has 0 radical (unpaired) electrons. The third-order valence-electron chi connectivity index (χ3n) is 4.91. The molecule has 7 nitrogen and oxygen atoms in total. The molecule has 0 fully saturated rings. The minimum atomic E-state index is -0.816. The normalized spacial score (nSPS) is 17.2.